The number of aromatic nitrogens is 4. The smallest absolute Gasteiger partial charge is 0.271 e. The van der Waals surface area contributed by atoms with Crippen LogP contribution in [0.3, 0.4) is 0 Å². The Morgan fingerprint density at radius 1 is 1.15 bits per heavy atom. The highest BCUT2D eigenvalue weighted by atomic mass is 16.6. The summed E-state index contributed by atoms with van der Waals surface area (Å²) in [5.41, 5.74) is 1.56. The molecule has 0 saturated carbocycles. The molecule has 1 aromatic carbocycles. The number of Topliss-reactive ketones (excluding diaryl/α,β-unsaturated/α-hetero) is 1. The van der Waals surface area contributed by atoms with Crippen LogP contribution in [0.2, 0.25) is 0 Å². The lowest BCUT2D eigenvalue weighted by Crippen LogP contribution is -2.34. The number of non-ortho nitro benzene ring substituents is 1. The molecule has 0 unspecified atom stereocenters. The molecule has 0 aliphatic carbocycles. The summed E-state index contributed by atoms with van der Waals surface area (Å²) in [4.78, 5) is 41.2. The fourth-order valence-corrected chi connectivity index (χ4v) is 2.88. The van der Waals surface area contributed by atoms with Crippen LogP contribution in [0.15, 0.2) is 36.8 Å². The van der Waals surface area contributed by atoms with Gasteiger partial charge in [-0.3, -0.25) is 14.9 Å². The Morgan fingerprint density at radius 3 is 2.74 bits per heavy atom. The van der Waals surface area contributed by atoms with Crippen molar-refractivity contribution in [2.75, 3.05) is 23.3 Å². The lowest BCUT2D eigenvalue weighted by Gasteiger charge is -2.25. The zero-order chi connectivity index (χ0) is 18.8. The second-order valence-corrected chi connectivity index (χ2v) is 6.08. The van der Waals surface area contributed by atoms with Crippen molar-refractivity contribution in [1.82, 2.24) is 19.9 Å². The minimum atomic E-state index is -0.457. The SMILES string of the molecule is O=C1CCN(c2ncc3ncnc(Nc4cccc([N+](=O)[O-])c4)c3n2)CC1. The molecule has 1 fully saturated rings. The van der Waals surface area contributed by atoms with Gasteiger partial charge in [0.15, 0.2) is 5.82 Å². The molecule has 0 amide bonds. The van der Waals surface area contributed by atoms with Crippen LogP contribution >= 0.6 is 0 Å². The number of carbonyl (C=O) groups is 1. The number of piperidine rings is 1. The lowest BCUT2D eigenvalue weighted by atomic mass is 10.1. The van der Waals surface area contributed by atoms with Crippen molar-refractivity contribution in [2.45, 2.75) is 12.8 Å². The number of benzene rings is 1. The molecule has 1 aliphatic heterocycles. The highest BCUT2D eigenvalue weighted by Crippen LogP contribution is 2.25. The normalized spacial score (nSPS) is 14.4. The molecule has 0 spiro atoms. The molecule has 1 saturated heterocycles. The Labute approximate surface area is 153 Å². The number of ketones is 1. The summed E-state index contributed by atoms with van der Waals surface area (Å²) in [6.45, 7) is 1.15. The van der Waals surface area contributed by atoms with Gasteiger partial charge in [0, 0.05) is 43.8 Å². The summed E-state index contributed by atoms with van der Waals surface area (Å²) in [5.74, 6) is 1.17. The van der Waals surface area contributed by atoms with E-state index >= 15 is 0 Å². The fourth-order valence-electron chi connectivity index (χ4n) is 2.88. The molecule has 0 bridgehead atoms. The van der Waals surface area contributed by atoms with E-state index in [2.05, 4.69) is 25.3 Å². The quantitative estimate of drug-likeness (QED) is 0.547. The number of hydrogen-bond donors (Lipinski definition) is 1. The number of nitro groups is 1. The van der Waals surface area contributed by atoms with Crippen molar-refractivity contribution < 1.29 is 9.72 Å². The van der Waals surface area contributed by atoms with Crippen molar-refractivity contribution in [2.24, 2.45) is 0 Å². The highest BCUT2D eigenvalue weighted by Gasteiger charge is 2.19. The lowest BCUT2D eigenvalue weighted by molar-refractivity contribution is -0.384. The van der Waals surface area contributed by atoms with Gasteiger partial charge in [0.2, 0.25) is 5.95 Å². The molecular weight excluding hydrogens is 350 g/mol. The number of carbonyl (C=O) groups excluding carboxylic acids is 1. The fraction of sp³-hybridized carbons (Fsp3) is 0.235. The molecule has 3 heterocycles. The Balaban J connectivity index is 1.68. The van der Waals surface area contributed by atoms with E-state index < -0.39 is 4.92 Å². The van der Waals surface area contributed by atoms with Crippen molar-refractivity contribution in [3.63, 3.8) is 0 Å². The van der Waals surface area contributed by atoms with Crippen molar-refractivity contribution in [3.8, 4) is 0 Å². The first-order chi connectivity index (χ1) is 13.1. The van der Waals surface area contributed by atoms with E-state index in [1.165, 1.54) is 18.5 Å². The number of nitrogens with one attached hydrogen (secondary N) is 1. The van der Waals surface area contributed by atoms with Crippen LogP contribution in [-0.2, 0) is 4.79 Å². The van der Waals surface area contributed by atoms with E-state index in [9.17, 15) is 14.9 Å². The molecule has 1 aliphatic rings. The summed E-state index contributed by atoms with van der Waals surface area (Å²) >= 11 is 0. The minimum Gasteiger partial charge on any atom is -0.340 e. The van der Waals surface area contributed by atoms with Crippen LogP contribution in [-0.4, -0.2) is 43.7 Å². The first kappa shape index (κ1) is 16.8. The van der Waals surface area contributed by atoms with Crippen LogP contribution in [0, 0.1) is 10.1 Å². The number of anilines is 3. The van der Waals surface area contributed by atoms with Gasteiger partial charge in [0.25, 0.3) is 5.69 Å². The zero-order valence-corrected chi connectivity index (χ0v) is 14.2. The van der Waals surface area contributed by atoms with Crippen LogP contribution < -0.4 is 10.2 Å². The number of rotatable bonds is 4. The highest BCUT2D eigenvalue weighted by molar-refractivity contribution is 5.87. The van der Waals surface area contributed by atoms with Gasteiger partial charge in [0.05, 0.1) is 11.1 Å². The Bertz CT molecular complexity index is 1030. The van der Waals surface area contributed by atoms with Gasteiger partial charge >= 0.3 is 0 Å². The topological polar surface area (TPSA) is 127 Å². The Morgan fingerprint density at radius 2 is 1.96 bits per heavy atom. The van der Waals surface area contributed by atoms with E-state index in [1.54, 1.807) is 18.3 Å². The molecule has 0 atom stereocenters. The maximum atomic E-state index is 11.4. The number of nitro benzene ring substituents is 1. The predicted molar refractivity (Wildman–Crippen MR) is 98.0 cm³/mol. The largest absolute Gasteiger partial charge is 0.340 e. The third-order valence-electron chi connectivity index (χ3n) is 4.29. The van der Waals surface area contributed by atoms with Gasteiger partial charge in [-0.05, 0) is 6.07 Å². The van der Waals surface area contributed by atoms with E-state index in [4.69, 9.17) is 0 Å². The molecule has 2 aromatic heterocycles. The van der Waals surface area contributed by atoms with E-state index in [0.717, 1.165) is 0 Å². The van der Waals surface area contributed by atoms with E-state index in [-0.39, 0.29) is 11.5 Å². The van der Waals surface area contributed by atoms with Gasteiger partial charge in [0.1, 0.15) is 23.1 Å². The van der Waals surface area contributed by atoms with Crippen LogP contribution in [0.4, 0.5) is 23.1 Å². The van der Waals surface area contributed by atoms with Crippen LogP contribution in [0.5, 0.6) is 0 Å². The second kappa shape index (κ2) is 6.90. The monoisotopic (exact) mass is 365 g/mol. The molecule has 1 N–H and O–H groups in total. The molecule has 136 valence electrons. The Kier molecular flexibility index (Phi) is 4.29. The summed E-state index contributed by atoms with van der Waals surface area (Å²) in [6, 6.07) is 6.14. The van der Waals surface area contributed by atoms with Crippen LogP contribution in [0.25, 0.3) is 11.0 Å². The zero-order valence-electron chi connectivity index (χ0n) is 14.2. The summed E-state index contributed by atoms with van der Waals surface area (Å²) in [7, 11) is 0. The molecule has 10 nitrogen and oxygen atoms in total. The molecule has 10 heteroatoms. The van der Waals surface area contributed by atoms with Crippen LogP contribution in [0.1, 0.15) is 12.8 Å². The van der Waals surface area contributed by atoms with E-state index in [1.807, 2.05) is 4.90 Å². The van der Waals surface area contributed by atoms with Crippen molar-refractivity contribution >= 4 is 40.0 Å². The number of fused-ring (bicyclic) bond motifs is 1. The van der Waals surface area contributed by atoms with Gasteiger partial charge in [-0.1, -0.05) is 6.07 Å². The Hall–Kier alpha value is -3.69. The minimum absolute atomic E-state index is 0.0216. The van der Waals surface area contributed by atoms with Gasteiger partial charge < -0.3 is 10.2 Å². The third kappa shape index (κ3) is 3.50. The van der Waals surface area contributed by atoms with E-state index in [0.29, 0.717) is 54.4 Å². The van der Waals surface area contributed by atoms with Crippen molar-refractivity contribution in [3.05, 3.63) is 46.9 Å². The third-order valence-corrected chi connectivity index (χ3v) is 4.29. The van der Waals surface area contributed by atoms with Gasteiger partial charge in [-0.25, -0.2) is 19.9 Å². The maximum Gasteiger partial charge on any atom is 0.271 e. The summed E-state index contributed by atoms with van der Waals surface area (Å²) < 4.78 is 0. The number of nitrogens with zero attached hydrogens (tertiary/aromatic N) is 6. The van der Waals surface area contributed by atoms with Crippen molar-refractivity contribution in [1.29, 1.82) is 0 Å². The second-order valence-electron chi connectivity index (χ2n) is 6.08. The molecule has 27 heavy (non-hydrogen) atoms. The van der Waals surface area contributed by atoms with Gasteiger partial charge in [-0.15, -0.1) is 0 Å². The standard InChI is InChI=1S/C17H15N7O3/c25-13-4-6-23(7-5-13)17-18-9-14-15(22-17)16(20-10-19-14)21-11-2-1-3-12(8-11)24(26)27/h1-3,8-10H,4-7H2,(H,19,20,21). The average Bonchev–Trinajstić information content (AvgIpc) is 2.69. The maximum absolute atomic E-state index is 11.4. The summed E-state index contributed by atoms with van der Waals surface area (Å²) in [5, 5.41) is 14.0. The summed E-state index contributed by atoms with van der Waals surface area (Å²) in [6.07, 6.45) is 3.94. The van der Waals surface area contributed by atoms with Gasteiger partial charge in [-0.2, -0.15) is 0 Å². The first-order valence-electron chi connectivity index (χ1n) is 8.36. The molecule has 0 radical (unpaired) electrons. The molecule has 4 rings (SSSR count). The number of hydrogen-bond acceptors (Lipinski definition) is 9. The first-order valence-corrected chi connectivity index (χ1v) is 8.36. The predicted octanol–water partition coefficient (Wildman–Crippen LogP) is 2.24. The molecular formula is C17H15N7O3. The average molecular weight is 365 g/mol. The molecule has 3 aromatic rings.